The van der Waals surface area contributed by atoms with Crippen LogP contribution in [-0.2, 0) is 27.5 Å². The van der Waals surface area contributed by atoms with Gasteiger partial charge in [-0.15, -0.1) is 5.10 Å². The summed E-state index contributed by atoms with van der Waals surface area (Å²) in [6, 6.07) is 8.49. The quantitative estimate of drug-likeness (QED) is 0.122. The monoisotopic (exact) mass is 631 g/mol. The Bertz CT molecular complexity index is 1570. The number of aromatic amines is 1. The summed E-state index contributed by atoms with van der Waals surface area (Å²) < 4.78 is 10.2. The first kappa shape index (κ1) is 35.2. The molecule has 0 fully saturated rings. The van der Waals surface area contributed by atoms with Crippen LogP contribution in [0.5, 0.6) is 5.75 Å². The molecule has 9 nitrogen and oxygen atoms in total. The molecule has 1 unspecified atom stereocenters. The van der Waals surface area contributed by atoms with Gasteiger partial charge in [-0.25, -0.2) is 9.67 Å². The number of H-pyrrole nitrogens is 1. The first-order chi connectivity index (χ1) is 21.7. The summed E-state index contributed by atoms with van der Waals surface area (Å²) in [4.78, 5) is 18.3. The molecule has 4 aromatic rings. The molecule has 0 aliphatic rings. The zero-order valence-corrected chi connectivity index (χ0v) is 30.0. The molecule has 3 heterocycles. The van der Waals surface area contributed by atoms with Crippen LogP contribution in [0, 0.1) is 0 Å². The number of nitrogens with one attached hydrogen (secondary N) is 2. The molecule has 3 aromatic heterocycles. The number of benzene rings is 1. The molecule has 2 N–H and O–H groups in total. The van der Waals surface area contributed by atoms with Gasteiger partial charge in [0.05, 0.1) is 5.69 Å². The van der Waals surface area contributed by atoms with Crippen LogP contribution in [0.25, 0.3) is 11.3 Å². The molecule has 46 heavy (non-hydrogen) atoms. The summed E-state index contributed by atoms with van der Waals surface area (Å²) >= 11 is 0. The lowest BCUT2D eigenvalue weighted by atomic mass is 9.76. The molecule has 0 saturated carbocycles. The van der Waals surface area contributed by atoms with Crippen LogP contribution >= 0.6 is 0 Å². The van der Waals surface area contributed by atoms with E-state index < -0.39 is 6.10 Å². The van der Waals surface area contributed by atoms with Crippen LogP contribution in [0.3, 0.4) is 0 Å². The van der Waals surface area contributed by atoms with Crippen molar-refractivity contribution < 1.29 is 9.53 Å². The number of aromatic nitrogens is 6. The third-order valence-corrected chi connectivity index (χ3v) is 9.57. The van der Waals surface area contributed by atoms with Gasteiger partial charge in [0.25, 0.3) is 5.91 Å². The number of carbonyl (C=O) groups is 1. The number of hydrogen-bond acceptors (Lipinski definition) is 5. The van der Waals surface area contributed by atoms with Crippen molar-refractivity contribution in [3.63, 3.8) is 0 Å². The lowest BCUT2D eigenvalue weighted by Crippen LogP contribution is -2.39. The van der Waals surface area contributed by atoms with Gasteiger partial charge in [-0.2, -0.15) is 9.73 Å². The largest absolute Gasteiger partial charge is 0.480 e. The van der Waals surface area contributed by atoms with E-state index in [2.05, 4.69) is 103 Å². The van der Waals surface area contributed by atoms with Crippen molar-refractivity contribution in [2.24, 2.45) is 0 Å². The molecule has 9 heteroatoms. The van der Waals surface area contributed by atoms with Crippen molar-refractivity contribution in [3.05, 3.63) is 59.3 Å². The molecule has 0 spiro atoms. The first-order valence-electron chi connectivity index (χ1n) is 17.3. The second-order valence-corrected chi connectivity index (χ2v) is 15.0. The van der Waals surface area contributed by atoms with Crippen LogP contribution in [0.1, 0.15) is 137 Å². The molecular formula is C37H57N7O2. The number of rotatable bonds is 16. The molecule has 1 atom stereocenters. The minimum absolute atomic E-state index is 0.0429. The normalized spacial score (nSPS) is 13.3. The number of amides is 1. The number of ether oxygens (including phenoxy) is 1. The predicted molar refractivity (Wildman–Crippen MR) is 186 cm³/mol. The van der Waals surface area contributed by atoms with Crippen molar-refractivity contribution in [1.29, 1.82) is 0 Å². The molecule has 0 aliphatic heterocycles. The Kier molecular flexibility index (Phi) is 11.1. The maximum Gasteiger partial charge on any atom is 0.261 e. The first-order valence-corrected chi connectivity index (χ1v) is 17.3. The molecule has 4 rings (SSSR count). The molecule has 0 saturated heterocycles. The van der Waals surface area contributed by atoms with Gasteiger partial charge >= 0.3 is 0 Å². The lowest BCUT2D eigenvalue weighted by molar-refractivity contribution is -0.128. The summed E-state index contributed by atoms with van der Waals surface area (Å²) in [7, 11) is 0. The Morgan fingerprint density at radius 2 is 1.74 bits per heavy atom. The Labute approximate surface area is 275 Å². The Morgan fingerprint density at radius 3 is 2.37 bits per heavy atom. The molecule has 1 aromatic carbocycles. The number of nitrogens with zero attached hydrogens (tertiary/aromatic N) is 5. The second kappa shape index (κ2) is 14.4. The number of fused-ring (bicyclic) bond motifs is 1. The number of carbonyl (C=O) groups excluding carboxylic acids is 1. The van der Waals surface area contributed by atoms with Gasteiger partial charge in [-0.3, -0.25) is 9.89 Å². The smallest absolute Gasteiger partial charge is 0.261 e. The summed E-state index contributed by atoms with van der Waals surface area (Å²) in [5, 5.41) is 15.8. The van der Waals surface area contributed by atoms with Crippen LogP contribution in [0.4, 0.5) is 0 Å². The fourth-order valence-corrected chi connectivity index (χ4v) is 5.60. The standard InChI is InChI=1S/C37H57N7O2/c1-11-14-18-29(46-28-21-20-26(36(7,8)12-2)25-27(28)37(9,10)13-3)34(45)38-22-16-15-19-30-40-33-31(43-24-17-23-39-43)32(35(4,5)6)42-44(33)41-30/h17,20-21,23-25,29,42H,11-16,18-19,22H2,1-10H3,(H,38,45). The predicted octanol–water partition coefficient (Wildman–Crippen LogP) is 7.99. The van der Waals surface area contributed by atoms with Gasteiger partial charge in [0.1, 0.15) is 11.4 Å². The van der Waals surface area contributed by atoms with Gasteiger partial charge in [0.15, 0.2) is 11.9 Å². The van der Waals surface area contributed by atoms with Crippen molar-refractivity contribution >= 4 is 11.6 Å². The van der Waals surface area contributed by atoms with Crippen molar-refractivity contribution in [2.75, 3.05) is 6.54 Å². The summed E-state index contributed by atoms with van der Waals surface area (Å²) in [5.41, 5.74) is 5.10. The number of hydrogen-bond donors (Lipinski definition) is 2. The van der Waals surface area contributed by atoms with E-state index in [1.54, 1.807) is 10.8 Å². The second-order valence-electron chi connectivity index (χ2n) is 15.0. The summed E-state index contributed by atoms with van der Waals surface area (Å²) in [6.45, 7) is 22.7. The Balaban J connectivity index is 1.40. The van der Waals surface area contributed by atoms with E-state index in [1.165, 1.54) is 11.1 Å². The number of aryl methyl sites for hydroxylation is 1. The van der Waals surface area contributed by atoms with Crippen molar-refractivity contribution in [2.45, 2.75) is 143 Å². The maximum atomic E-state index is 13.5. The molecule has 252 valence electrons. The van der Waals surface area contributed by atoms with Gasteiger partial charge in [0.2, 0.25) is 5.65 Å². The topological polar surface area (TPSA) is 102 Å². The van der Waals surface area contributed by atoms with Gasteiger partial charge in [0, 0.05) is 36.3 Å². The fourth-order valence-electron chi connectivity index (χ4n) is 5.60. The average molecular weight is 632 g/mol. The molecule has 1 amide bonds. The zero-order chi connectivity index (χ0) is 33.7. The highest BCUT2D eigenvalue weighted by atomic mass is 16.5. The highest BCUT2D eigenvalue weighted by Crippen LogP contribution is 2.39. The fraction of sp³-hybridized carbons (Fsp3) is 0.622. The minimum atomic E-state index is -0.523. The third-order valence-electron chi connectivity index (χ3n) is 9.57. The van der Waals surface area contributed by atoms with Gasteiger partial charge in [-0.1, -0.05) is 87.8 Å². The van der Waals surface area contributed by atoms with Crippen LogP contribution in [0.15, 0.2) is 36.7 Å². The maximum absolute atomic E-state index is 13.5. The Morgan fingerprint density at radius 1 is 1.00 bits per heavy atom. The van der Waals surface area contributed by atoms with Gasteiger partial charge in [-0.05, 0) is 67.1 Å². The van der Waals surface area contributed by atoms with E-state index in [0.29, 0.717) is 13.0 Å². The van der Waals surface area contributed by atoms with Crippen molar-refractivity contribution in [3.8, 4) is 11.4 Å². The minimum Gasteiger partial charge on any atom is -0.480 e. The van der Waals surface area contributed by atoms with E-state index in [4.69, 9.17) is 14.8 Å². The highest BCUT2D eigenvalue weighted by molar-refractivity contribution is 5.81. The highest BCUT2D eigenvalue weighted by Gasteiger charge is 2.30. The van der Waals surface area contributed by atoms with Crippen LogP contribution < -0.4 is 10.1 Å². The third kappa shape index (κ3) is 8.02. The van der Waals surface area contributed by atoms with E-state index in [1.807, 2.05) is 16.9 Å². The summed E-state index contributed by atoms with van der Waals surface area (Å²) in [6.07, 6.45) is 10.3. The SMILES string of the molecule is CCCCC(Oc1ccc(C(C)(C)CC)cc1C(C)(C)CC)C(=O)NCCCCc1nc2c(-n3cccn3)c(C(C)(C)C)[nH]n2n1. The average Bonchev–Trinajstić information content (AvgIpc) is 3.75. The van der Waals surface area contributed by atoms with E-state index in [0.717, 1.165) is 73.5 Å². The van der Waals surface area contributed by atoms with Crippen molar-refractivity contribution in [1.82, 2.24) is 34.9 Å². The number of unbranched alkanes of at least 4 members (excludes halogenated alkanes) is 2. The Hall–Kier alpha value is -3.62. The van der Waals surface area contributed by atoms with Gasteiger partial charge < -0.3 is 10.1 Å². The molecular weight excluding hydrogens is 574 g/mol. The zero-order valence-electron chi connectivity index (χ0n) is 30.0. The molecule has 0 bridgehead atoms. The molecule has 0 radical (unpaired) electrons. The van der Waals surface area contributed by atoms with Crippen LogP contribution in [0.2, 0.25) is 0 Å². The van der Waals surface area contributed by atoms with E-state index in [9.17, 15) is 4.79 Å². The van der Waals surface area contributed by atoms with E-state index >= 15 is 0 Å². The van der Waals surface area contributed by atoms with E-state index in [-0.39, 0.29) is 22.2 Å². The summed E-state index contributed by atoms with van der Waals surface area (Å²) in [5.74, 6) is 1.56. The lowest BCUT2D eigenvalue weighted by Gasteiger charge is -2.31. The van der Waals surface area contributed by atoms with Crippen LogP contribution in [-0.4, -0.2) is 48.1 Å². The molecule has 0 aliphatic carbocycles.